The average molecular weight is 560 g/mol. The van der Waals surface area contributed by atoms with Crippen LogP contribution >= 0.6 is 0 Å². The summed E-state index contributed by atoms with van der Waals surface area (Å²) in [6, 6.07) is 21.9. The number of para-hydroxylation sites is 2. The zero-order chi connectivity index (χ0) is 28.6. The number of rotatable bonds is 12. The quantitative estimate of drug-likeness (QED) is 0.200. The number of likely N-dealkylation sites (tertiary alicyclic amines) is 1. The van der Waals surface area contributed by atoms with Crippen LogP contribution in [-0.4, -0.2) is 65.6 Å². The second-order valence-electron chi connectivity index (χ2n) is 10.2. The summed E-state index contributed by atoms with van der Waals surface area (Å²) in [5.74, 6) is 1.68. The standard InChI is InChI=1S/C32H37N3O6/c1-22(26-8-5-9-28-31(26)34-21-33-28)41-30-19-35(32(36)37)16-15-27(30)23-11-13-25(14-12-23)40-18-6-17-39-20-24-7-3-4-10-29(24)38-2/h3-5,7-14,21-22,27,30H,6,15-20H2,1-2H3,(H,33,34)(H,36,37). The lowest BCUT2D eigenvalue weighted by Crippen LogP contribution is -2.46. The monoisotopic (exact) mass is 559 g/mol. The van der Waals surface area contributed by atoms with Crippen molar-refractivity contribution in [1.82, 2.24) is 14.9 Å². The highest BCUT2D eigenvalue weighted by molar-refractivity contribution is 5.78. The van der Waals surface area contributed by atoms with Crippen molar-refractivity contribution in [3.05, 3.63) is 89.7 Å². The van der Waals surface area contributed by atoms with E-state index in [9.17, 15) is 9.90 Å². The molecule has 9 heteroatoms. The summed E-state index contributed by atoms with van der Waals surface area (Å²) in [5.41, 5.74) is 4.93. The Labute approximate surface area is 240 Å². The molecule has 1 amide bonds. The van der Waals surface area contributed by atoms with E-state index < -0.39 is 6.09 Å². The molecule has 2 N–H and O–H groups in total. The van der Waals surface area contributed by atoms with Crippen molar-refractivity contribution < 1.29 is 28.8 Å². The smallest absolute Gasteiger partial charge is 0.407 e. The van der Waals surface area contributed by atoms with Gasteiger partial charge in [-0.25, -0.2) is 9.78 Å². The molecule has 0 radical (unpaired) electrons. The fourth-order valence-corrected chi connectivity index (χ4v) is 5.43. The summed E-state index contributed by atoms with van der Waals surface area (Å²) in [6.45, 7) is 4.41. The van der Waals surface area contributed by atoms with Gasteiger partial charge in [0.15, 0.2) is 0 Å². The van der Waals surface area contributed by atoms with E-state index in [1.54, 1.807) is 13.4 Å². The largest absolute Gasteiger partial charge is 0.496 e. The Morgan fingerprint density at radius 2 is 1.93 bits per heavy atom. The molecular weight excluding hydrogens is 522 g/mol. The maximum atomic E-state index is 11.8. The number of fused-ring (bicyclic) bond motifs is 1. The molecule has 3 atom stereocenters. The minimum atomic E-state index is -0.922. The van der Waals surface area contributed by atoms with Crippen molar-refractivity contribution in [1.29, 1.82) is 0 Å². The predicted octanol–water partition coefficient (Wildman–Crippen LogP) is 6.17. The van der Waals surface area contributed by atoms with Crippen molar-refractivity contribution in [3.63, 3.8) is 0 Å². The summed E-state index contributed by atoms with van der Waals surface area (Å²) >= 11 is 0. The third-order valence-corrected chi connectivity index (χ3v) is 7.59. The third-order valence-electron chi connectivity index (χ3n) is 7.59. The maximum Gasteiger partial charge on any atom is 0.407 e. The second-order valence-corrected chi connectivity index (χ2v) is 10.2. The van der Waals surface area contributed by atoms with Gasteiger partial charge >= 0.3 is 6.09 Å². The van der Waals surface area contributed by atoms with Crippen LogP contribution in [0.15, 0.2) is 73.1 Å². The number of hydrogen-bond donors (Lipinski definition) is 2. The lowest BCUT2D eigenvalue weighted by Gasteiger charge is -2.38. The SMILES string of the molecule is COc1ccccc1COCCCOc1ccc(C2CCN(C(=O)O)CC2OC(C)c2cccc3[nH]cnc23)cc1. The molecule has 1 aliphatic rings. The summed E-state index contributed by atoms with van der Waals surface area (Å²) < 4.78 is 23.7. The first-order chi connectivity index (χ1) is 20.0. The molecule has 216 valence electrons. The Morgan fingerprint density at radius 3 is 2.73 bits per heavy atom. The van der Waals surface area contributed by atoms with Crippen molar-refractivity contribution in [3.8, 4) is 11.5 Å². The average Bonchev–Trinajstić information content (AvgIpc) is 3.48. The molecule has 0 spiro atoms. The summed E-state index contributed by atoms with van der Waals surface area (Å²) in [6.07, 6.45) is 1.65. The molecule has 1 aromatic heterocycles. The molecule has 1 saturated heterocycles. The number of hydrogen-bond acceptors (Lipinski definition) is 6. The number of carboxylic acid groups (broad SMARTS) is 1. The molecule has 1 aliphatic heterocycles. The summed E-state index contributed by atoms with van der Waals surface area (Å²) in [4.78, 5) is 20.8. The van der Waals surface area contributed by atoms with Crippen molar-refractivity contribution in [2.24, 2.45) is 0 Å². The van der Waals surface area contributed by atoms with E-state index >= 15 is 0 Å². The number of piperidine rings is 1. The highest BCUT2D eigenvalue weighted by Crippen LogP contribution is 2.35. The van der Waals surface area contributed by atoms with Gasteiger partial charge in [0.2, 0.25) is 0 Å². The molecule has 3 unspecified atom stereocenters. The summed E-state index contributed by atoms with van der Waals surface area (Å²) in [5, 5.41) is 9.66. The third kappa shape index (κ3) is 6.99. The molecule has 3 aromatic carbocycles. The first kappa shape index (κ1) is 28.4. The molecule has 5 rings (SSSR count). The minimum absolute atomic E-state index is 0.0591. The van der Waals surface area contributed by atoms with E-state index in [1.165, 1.54) is 4.90 Å². The van der Waals surface area contributed by atoms with Gasteiger partial charge in [-0.1, -0.05) is 42.5 Å². The molecule has 2 heterocycles. The van der Waals surface area contributed by atoms with Gasteiger partial charge in [-0.2, -0.15) is 0 Å². The molecular formula is C32H37N3O6. The predicted molar refractivity (Wildman–Crippen MR) is 156 cm³/mol. The van der Waals surface area contributed by atoms with Gasteiger partial charge in [-0.15, -0.1) is 0 Å². The van der Waals surface area contributed by atoms with E-state index in [-0.39, 0.29) is 18.1 Å². The van der Waals surface area contributed by atoms with Crippen molar-refractivity contribution in [2.45, 2.75) is 44.5 Å². The van der Waals surface area contributed by atoms with Gasteiger partial charge in [0, 0.05) is 30.0 Å². The summed E-state index contributed by atoms with van der Waals surface area (Å²) in [7, 11) is 1.66. The van der Waals surface area contributed by atoms with Gasteiger partial charge in [-0.05, 0) is 43.2 Å². The zero-order valence-corrected chi connectivity index (χ0v) is 23.5. The van der Waals surface area contributed by atoms with Gasteiger partial charge in [0.25, 0.3) is 0 Å². The van der Waals surface area contributed by atoms with Crippen LogP contribution in [0.4, 0.5) is 4.79 Å². The lowest BCUT2D eigenvalue weighted by molar-refractivity contribution is -0.0496. The van der Waals surface area contributed by atoms with Crippen LogP contribution in [0.5, 0.6) is 11.5 Å². The highest BCUT2D eigenvalue weighted by Gasteiger charge is 2.34. The highest BCUT2D eigenvalue weighted by atomic mass is 16.5. The van der Waals surface area contributed by atoms with E-state index in [0.29, 0.717) is 39.3 Å². The topological polar surface area (TPSA) is 106 Å². The van der Waals surface area contributed by atoms with Crippen molar-refractivity contribution >= 4 is 17.1 Å². The Morgan fingerprint density at radius 1 is 1.10 bits per heavy atom. The van der Waals surface area contributed by atoms with Gasteiger partial charge < -0.3 is 33.9 Å². The maximum absolute atomic E-state index is 11.8. The number of aromatic amines is 1. The number of imidazole rings is 1. The van der Waals surface area contributed by atoms with Crippen LogP contribution in [0.2, 0.25) is 0 Å². The fourth-order valence-electron chi connectivity index (χ4n) is 5.43. The molecule has 41 heavy (non-hydrogen) atoms. The number of methoxy groups -OCH3 is 1. The van der Waals surface area contributed by atoms with E-state index in [0.717, 1.165) is 45.6 Å². The lowest BCUT2D eigenvalue weighted by atomic mass is 9.86. The number of aromatic nitrogens is 2. The fraction of sp³-hybridized carbons (Fsp3) is 0.375. The second kappa shape index (κ2) is 13.5. The van der Waals surface area contributed by atoms with Crippen LogP contribution in [0.3, 0.4) is 0 Å². The Balaban J connectivity index is 1.16. The first-order valence-corrected chi connectivity index (χ1v) is 14.0. The van der Waals surface area contributed by atoms with Gasteiger partial charge in [0.05, 0.1) is 63.0 Å². The van der Waals surface area contributed by atoms with Crippen LogP contribution in [-0.2, 0) is 16.1 Å². The Hall–Kier alpha value is -4.08. The number of carbonyl (C=O) groups is 1. The van der Waals surface area contributed by atoms with Crippen LogP contribution in [0.25, 0.3) is 11.0 Å². The van der Waals surface area contributed by atoms with E-state index in [4.69, 9.17) is 18.9 Å². The number of benzene rings is 3. The number of ether oxygens (including phenoxy) is 4. The molecule has 4 aromatic rings. The molecule has 0 aliphatic carbocycles. The van der Waals surface area contributed by atoms with Crippen LogP contribution < -0.4 is 9.47 Å². The Kier molecular flexibility index (Phi) is 9.38. The zero-order valence-electron chi connectivity index (χ0n) is 23.5. The molecule has 0 bridgehead atoms. The van der Waals surface area contributed by atoms with Crippen LogP contribution in [0.1, 0.15) is 48.5 Å². The number of H-pyrrole nitrogens is 1. The number of amides is 1. The van der Waals surface area contributed by atoms with Gasteiger partial charge in [-0.3, -0.25) is 0 Å². The number of nitrogens with one attached hydrogen (secondary N) is 1. The molecule has 9 nitrogen and oxygen atoms in total. The first-order valence-electron chi connectivity index (χ1n) is 14.0. The Bertz CT molecular complexity index is 1420. The molecule has 0 saturated carbocycles. The van der Waals surface area contributed by atoms with Gasteiger partial charge in [0.1, 0.15) is 11.5 Å². The molecule has 1 fully saturated rings. The minimum Gasteiger partial charge on any atom is -0.496 e. The van der Waals surface area contributed by atoms with Crippen molar-refractivity contribution in [2.75, 3.05) is 33.4 Å². The van der Waals surface area contributed by atoms with E-state index in [1.807, 2.05) is 61.5 Å². The van der Waals surface area contributed by atoms with Crippen LogP contribution in [0, 0.1) is 0 Å². The van der Waals surface area contributed by atoms with E-state index in [2.05, 4.69) is 22.1 Å². The normalized spacial score (nSPS) is 17.9. The number of nitrogens with zero attached hydrogens (tertiary/aromatic N) is 2.